The third kappa shape index (κ3) is 2.02. The van der Waals surface area contributed by atoms with E-state index in [9.17, 15) is 9.90 Å². The van der Waals surface area contributed by atoms with Gasteiger partial charge in [0.15, 0.2) is 6.10 Å². The Labute approximate surface area is 88.7 Å². The molecule has 1 aromatic rings. The van der Waals surface area contributed by atoms with Gasteiger partial charge in [0.05, 0.1) is 7.11 Å². The summed E-state index contributed by atoms with van der Waals surface area (Å²) in [6, 6.07) is 1.77. The molecule has 1 unspecified atom stereocenters. The first-order valence-corrected chi connectivity index (χ1v) is 4.65. The average molecular weight is 212 g/mol. The molecule has 0 amide bonds. The maximum atomic E-state index is 11.3. The molecule has 0 saturated carbocycles. The number of aryl methyl sites for hydroxylation is 1. The molecule has 5 nitrogen and oxygen atoms in total. The molecule has 1 N–H and O–H groups in total. The first kappa shape index (κ1) is 11.7. The highest BCUT2D eigenvalue weighted by Gasteiger charge is 2.37. The SMILES string of the molecule is COC(=O)C(O)C(C)(C)c1ccnn1C. The van der Waals surface area contributed by atoms with E-state index in [-0.39, 0.29) is 0 Å². The van der Waals surface area contributed by atoms with Crippen LogP contribution < -0.4 is 0 Å². The van der Waals surface area contributed by atoms with Crippen molar-refractivity contribution in [3.05, 3.63) is 18.0 Å². The third-order valence-corrected chi connectivity index (χ3v) is 2.59. The van der Waals surface area contributed by atoms with Gasteiger partial charge in [-0.1, -0.05) is 13.8 Å². The quantitative estimate of drug-likeness (QED) is 0.728. The van der Waals surface area contributed by atoms with Gasteiger partial charge >= 0.3 is 5.97 Å². The predicted molar refractivity (Wildman–Crippen MR) is 54.3 cm³/mol. The number of ether oxygens (including phenoxy) is 1. The molecule has 0 fully saturated rings. The number of aliphatic hydroxyl groups excluding tert-OH is 1. The Morgan fingerprint density at radius 2 is 2.27 bits per heavy atom. The van der Waals surface area contributed by atoms with Gasteiger partial charge in [-0.15, -0.1) is 0 Å². The van der Waals surface area contributed by atoms with E-state index in [1.54, 1.807) is 37.8 Å². The van der Waals surface area contributed by atoms with Crippen molar-refractivity contribution in [1.29, 1.82) is 0 Å². The number of hydrogen-bond acceptors (Lipinski definition) is 4. The van der Waals surface area contributed by atoms with Gasteiger partial charge in [0.25, 0.3) is 0 Å². The molecule has 1 heterocycles. The van der Waals surface area contributed by atoms with Crippen molar-refractivity contribution < 1.29 is 14.6 Å². The maximum Gasteiger partial charge on any atom is 0.335 e. The second kappa shape index (κ2) is 4.02. The molecule has 1 rings (SSSR count). The zero-order chi connectivity index (χ0) is 11.6. The molecular formula is C10H16N2O3. The number of carbonyl (C=O) groups excluding carboxylic acids is 1. The molecule has 0 aliphatic carbocycles. The van der Waals surface area contributed by atoms with E-state index in [1.807, 2.05) is 0 Å². The van der Waals surface area contributed by atoms with Crippen molar-refractivity contribution in [2.75, 3.05) is 7.11 Å². The standard InChI is InChI=1S/C10H16N2O3/c1-10(2,8(13)9(14)15-4)7-5-6-11-12(7)3/h5-6,8,13H,1-4H3. The van der Waals surface area contributed by atoms with E-state index in [0.29, 0.717) is 0 Å². The van der Waals surface area contributed by atoms with Crippen molar-refractivity contribution in [3.8, 4) is 0 Å². The van der Waals surface area contributed by atoms with Crippen LogP contribution in [0.15, 0.2) is 12.3 Å². The van der Waals surface area contributed by atoms with E-state index < -0.39 is 17.5 Å². The molecule has 0 aliphatic rings. The van der Waals surface area contributed by atoms with Gasteiger partial charge in [-0.05, 0) is 6.07 Å². The Hall–Kier alpha value is -1.36. The summed E-state index contributed by atoms with van der Waals surface area (Å²) < 4.78 is 6.15. The minimum atomic E-state index is -1.20. The van der Waals surface area contributed by atoms with Gasteiger partial charge in [0, 0.05) is 24.4 Å². The molecule has 0 radical (unpaired) electrons. The monoisotopic (exact) mass is 212 g/mol. The Morgan fingerprint density at radius 3 is 2.67 bits per heavy atom. The molecule has 84 valence electrons. The maximum absolute atomic E-state index is 11.3. The lowest BCUT2D eigenvalue weighted by Crippen LogP contribution is -2.41. The Balaban J connectivity index is 3.02. The Bertz CT molecular complexity index is 357. The third-order valence-electron chi connectivity index (χ3n) is 2.59. The average Bonchev–Trinajstić information content (AvgIpc) is 2.62. The van der Waals surface area contributed by atoms with Crippen molar-refractivity contribution in [3.63, 3.8) is 0 Å². The number of rotatable bonds is 3. The van der Waals surface area contributed by atoms with Crippen LogP contribution in [-0.2, 0) is 22.0 Å². The van der Waals surface area contributed by atoms with E-state index in [1.165, 1.54) is 7.11 Å². The second-order valence-corrected chi connectivity index (χ2v) is 3.99. The van der Waals surface area contributed by atoms with Crippen LogP contribution in [0.5, 0.6) is 0 Å². The summed E-state index contributed by atoms with van der Waals surface area (Å²) in [6.07, 6.45) is 0.430. The molecular weight excluding hydrogens is 196 g/mol. The van der Waals surface area contributed by atoms with Crippen LogP contribution in [0, 0.1) is 0 Å². The van der Waals surface area contributed by atoms with E-state index in [4.69, 9.17) is 0 Å². The number of aliphatic hydroxyl groups is 1. The van der Waals surface area contributed by atoms with Crippen LogP contribution in [0.4, 0.5) is 0 Å². The highest BCUT2D eigenvalue weighted by atomic mass is 16.5. The van der Waals surface area contributed by atoms with Crippen LogP contribution >= 0.6 is 0 Å². The van der Waals surface area contributed by atoms with Crippen molar-refractivity contribution in [1.82, 2.24) is 9.78 Å². The first-order valence-electron chi connectivity index (χ1n) is 4.65. The lowest BCUT2D eigenvalue weighted by Gasteiger charge is -2.28. The van der Waals surface area contributed by atoms with Crippen molar-refractivity contribution >= 4 is 5.97 Å². The number of methoxy groups -OCH3 is 1. The molecule has 5 heteroatoms. The minimum Gasteiger partial charge on any atom is -0.467 e. The zero-order valence-corrected chi connectivity index (χ0v) is 9.39. The number of nitrogens with zero attached hydrogens (tertiary/aromatic N) is 2. The molecule has 0 bridgehead atoms. The van der Waals surface area contributed by atoms with Gasteiger partial charge < -0.3 is 9.84 Å². The topological polar surface area (TPSA) is 64.3 Å². The molecule has 1 atom stereocenters. The second-order valence-electron chi connectivity index (χ2n) is 3.99. The summed E-state index contributed by atoms with van der Waals surface area (Å²) in [4.78, 5) is 11.3. The number of esters is 1. The van der Waals surface area contributed by atoms with Crippen LogP contribution in [0.3, 0.4) is 0 Å². The normalized spacial score (nSPS) is 13.7. The number of carbonyl (C=O) groups is 1. The molecule has 0 spiro atoms. The van der Waals surface area contributed by atoms with Crippen LogP contribution in [0.1, 0.15) is 19.5 Å². The van der Waals surface area contributed by atoms with Gasteiger partial charge in [-0.25, -0.2) is 4.79 Å². The first-order chi connectivity index (χ1) is 6.91. The fourth-order valence-corrected chi connectivity index (χ4v) is 1.55. The van der Waals surface area contributed by atoms with Gasteiger partial charge in [-0.3, -0.25) is 4.68 Å². The Morgan fingerprint density at radius 1 is 1.67 bits per heavy atom. The number of hydrogen-bond donors (Lipinski definition) is 1. The highest BCUT2D eigenvalue weighted by Crippen LogP contribution is 2.27. The summed E-state index contributed by atoms with van der Waals surface area (Å²) in [6.45, 7) is 3.54. The summed E-state index contributed by atoms with van der Waals surface area (Å²) in [7, 11) is 3.02. The smallest absolute Gasteiger partial charge is 0.335 e. The lowest BCUT2D eigenvalue weighted by molar-refractivity contribution is -0.154. The van der Waals surface area contributed by atoms with Gasteiger partial charge in [-0.2, -0.15) is 5.10 Å². The van der Waals surface area contributed by atoms with Gasteiger partial charge in [0.1, 0.15) is 0 Å². The fraction of sp³-hybridized carbons (Fsp3) is 0.600. The lowest BCUT2D eigenvalue weighted by atomic mass is 9.83. The fourth-order valence-electron chi connectivity index (χ4n) is 1.55. The van der Waals surface area contributed by atoms with Crippen molar-refractivity contribution in [2.24, 2.45) is 7.05 Å². The molecule has 0 saturated heterocycles. The number of aromatic nitrogens is 2. The van der Waals surface area contributed by atoms with Crippen LogP contribution in [0.25, 0.3) is 0 Å². The summed E-state index contributed by atoms with van der Waals surface area (Å²) >= 11 is 0. The molecule has 15 heavy (non-hydrogen) atoms. The zero-order valence-electron chi connectivity index (χ0n) is 9.39. The van der Waals surface area contributed by atoms with Crippen LogP contribution in [0.2, 0.25) is 0 Å². The minimum absolute atomic E-state index is 0.638. The summed E-state index contributed by atoms with van der Waals surface area (Å²) in [5.41, 5.74) is 0.0543. The molecule has 0 aromatic carbocycles. The summed E-state index contributed by atoms with van der Waals surface area (Å²) in [5, 5.41) is 13.8. The summed E-state index contributed by atoms with van der Waals surface area (Å²) in [5.74, 6) is -0.638. The van der Waals surface area contributed by atoms with E-state index in [2.05, 4.69) is 9.84 Å². The molecule has 0 aliphatic heterocycles. The van der Waals surface area contributed by atoms with Crippen molar-refractivity contribution in [2.45, 2.75) is 25.4 Å². The highest BCUT2D eigenvalue weighted by molar-refractivity contribution is 5.76. The predicted octanol–water partition coefficient (Wildman–Crippen LogP) is 0.232. The Kier molecular flexibility index (Phi) is 3.14. The van der Waals surface area contributed by atoms with E-state index >= 15 is 0 Å². The molecule has 1 aromatic heterocycles. The van der Waals surface area contributed by atoms with Crippen LogP contribution in [-0.4, -0.2) is 34.1 Å². The van der Waals surface area contributed by atoms with Gasteiger partial charge in [0.2, 0.25) is 0 Å². The van der Waals surface area contributed by atoms with E-state index in [0.717, 1.165) is 5.69 Å². The largest absolute Gasteiger partial charge is 0.467 e.